The van der Waals surface area contributed by atoms with E-state index in [9.17, 15) is 19.2 Å². The van der Waals surface area contributed by atoms with Gasteiger partial charge in [0.15, 0.2) is 0 Å². The highest BCUT2D eigenvalue weighted by Gasteiger charge is 2.35. The van der Waals surface area contributed by atoms with Gasteiger partial charge in [0.05, 0.1) is 12.3 Å². The molecule has 9 nitrogen and oxygen atoms in total. The molecule has 1 aliphatic heterocycles. The summed E-state index contributed by atoms with van der Waals surface area (Å²) in [4.78, 5) is 49.1. The van der Waals surface area contributed by atoms with E-state index in [2.05, 4.69) is 5.32 Å². The average molecular weight is 329 g/mol. The van der Waals surface area contributed by atoms with Crippen molar-refractivity contribution in [1.29, 1.82) is 0 Å². The van der Waals surface area contributed by atoms with Gasteiger partial charge in [-0.05, 0) is 27.1 Å². The Morgan fingerprint density at radius 3 is 2.52 bits per heavy atom. The first-order valence-corrected chi connectivity index (χ1v) is 7.38. The maximum atomic E-state index is 12.1. The zero-order valence-electron chi connectivity index (χ0n) is 13.3. The second kappa shape index (κ2) is 8.47. The van der Waals surface area contributed by atoms with Crippen LogP contribution in [0.3, 0.4) is 0 Å². The van der Waals surface area contributed by atoms with Crippen LogP contribution in [0, 0.1) is 5.92 Å². The summed E-state index contributed by atoms with van der Waals surface area (Å²) >= 11 is 0. The van der Waals surface area contributed by atoms with Crippen molar-refractivity contribution in [1.82, 2.24) is 15.1 Å². The monoisotopic (exact) mass is 329 g/mol. The lowest BCUT2D eigenvalue weighted by Gasteiger charge is -2.19. The van der Waals surface area contributed by atoms with Crippen LogP contribution in [0.4, 0.5) is 0 Å². The van der Waals surface area contributed by atoms with E-state index in [1.165, 1.54) is 0 Å². The predicted molar refractivity (Wildman–Crippen MR) is 79.7 cm³/mol. The number of carbonyl (C=O) groups is 4. The van der Waals surface area contributed by atoms with E-state index in [4.69, 9.17) is 10.2 Å². The van der Waals surface area contributed by atoms with Gasteiger partial charge >= 0.3 is 11.9 Å². The number of carboxylic acids is 2. The van der Waals surface area contributed by atoms with Crippen LogP contribution in [-0.2, 0) is 19.2 Å². The average Bonchev–Trinajstić information content (AvgIpc) is 2.78. The van der Waals surface area contributed by atoms with Crippen molar-refractivity contribution in [2.24, 2.45) is 5.92 Å². The van der Waals surface area contributed by atoms with E-state index >= 15 is 0 Å². The molecule has 1 fully saturated rings. The molecule has 9 heteroatoms. The zero-order chi connectivity index (χ0) is 17.6. The summed E-state index contributed by atoms with van der Waals surface area (Å²) in [6.45, 7) is 1.59. The Hall–Kier alpha value is -2.16. The van der Waals surface area contributed by atoms with Crippen LogP contribution in [0.15, 0.2) is 0 Å². The van der Waals surface area contributed by atoms with Gasteiger partial charge in [0.2, 0.25) is 11.8 Å². The Bertz CT molecular complexity index is 479. The predicted octanol–water partition coefficient (Wildman–Crippen LogP) is -1.17. The van der Waals surface area contributed by atoms with Crippen LogP contribution in [0.5, 0.6) is 0 Å². The SMILES string of the molecule is CN(C)CCCN1CC(C(=O)NC(CC(=O)O)C(=O)O)CC1=O. The van der Waals surface area contributed by atoms with Gasteiger partial charge < -0.3 is 25.3 Å². The number of rotatable bonds is 9. The Morgan fingerprint density at radius 2 is 2.00 bits per heavy atom. The molecule has 23 heavy (non-hydrogen) atoms. The van der Waals surface area contributed by atoms with E-state index < -0.39 is 36.2 Å². The van der Waals surface area contributed by atoms with E-state index in [0.29, 0.717) is 6.54 Å². The number of nitrogens with one attached hydrogen (secondary N) is 1. The van der Waals surface area contributed by atoms with Crippen LogP contribution in [-0.4, -0.2) is 83.5 Å². The molecule has 0 aromatic carbocycles. The van der Waals surface area contributed by atoms with Crippen LogP contribution in [0.25, 0.3) is 0 Å². The minimum Gasteiger partial charge on any atom is -0.481 e. The third kappa shape index (κ3) is 6.23. The van der Waals surface area contributed by atoms with Crippen molar-refractivity contribution in [2.45, 2.75) is 25.3 Å². The fraction of sp³-hybridized carbons (Fsp3) is 0.714. The largest absolute Gasteiger partial charge is 0.481 e. The van der Waals surface area contributed by atoms with Gasteiger partial charge in [-0.1, -0.05) is 0 Å². The number of hydrogen-bond donors (Lipinski definition) is 3. The van der Waals surface area contributed by atoms with E-state index in [1.807, 2.05) is 19.0 Å². The summed E-state index contributed by atoms with van der Waals surface area (Å²) in [6, 6.07) is -1.49. The molecule has 0 bridgehead atoms. The van der Waals surface area contributed by atoms with Crippen molar-refractivity contribution >= 4 is 23.8 Å². The smallest absolute Gasteiger partial charge is 0.326 e. The van der Waals surface area contributed by atoms with Crippen molar-refractivity contribution in [2.75, 3.05) is 33.7 Å². The topological polar surface area (TPSA) is 127 Å². The lowest BCUT2D eigenvalue weighted by atomic mass is 10.1. The van der Waals surface area contributed by atoms with Gasteiger partial charge in [-0.2, -0.15) is 0 Å². The third-order valence-electron chi connectivity index (χ3n) is 3.61. The fourth-order valence-electron chi connectivity index (χ4n) is 2.41. The highest BCUT2D eigenvalue weighted by Crippen LogP contribution is 2.18. The maximum absolute atomic E-state index is 12.1. The van der Waals surface area contributed by atoms with Crippen LogP contribution in [0.1, 0.15) is 19.3 Å². The first-order chi connectivity index (χ1) is 10.7. The van der Waals surface area contributed by atoms with Gasteiger partial charge in [0.1, 0.15) is 6.04 Å². The molecule has 1 saturated heterocycles. The van der Waals surface area contributed by atoms with Gasteiger partial charge in [-0.15, -0.1) is 0 Å². The number of aliphatic carboxylic acids is 2. The molecular formula is C14H23N3O6. The highest BCUT2D eigenvalue weighted by molar-refractivity contribution is 5.92. The summed E-state index contributed by atoms with van der Waals surface area (Å²) in [6.07, 6.45) is 0.103. The van der Waals surface area contributed by atoms with Crippen molar-refractivity contribution < 1.29 is 29.4 Å². The fourth-order valence-corrected chi connectivity index (χ4v) is 2.41. The first kappa shape index (κ1) is 18.9. The molecule has 2 atom stereocenters. The van der Waals surface area contributed by atoms with Gasteiger partial charge in [-0.3, -0.25) is 14.4 Å². The second-order valence-corrected chi connectivity index (χ2v) is 5.89. The summed E-state index contributed by atoms with van der Waals surface area (Å²) in [5.74, 6) is -4.10. The molecule has 1 heterocycles. The molecular weight excluding hydrogens is 306 g/mol. The van der Waals surface area contributed by atoms with Crippen molar-refractivity contribution in [3.63, 3.8) is 0 Å². The Morgan fingerprint density at radius 1 is 1.35 bits per heavy atom. The molecule has 0 saturated carbocycles. The molecule has 0 aromatic rings. The molecule has 3 N–H and O–H groups in total. The lowest BCUT2D eigenvalue weighted by Crippen LogP contribution is -2.45. The van der Waals surface area contributed by atoms with Crippen LogP contribution >= 0.6 is 0 Å². The first-order valence-electron chi connectivity index (χ1n) is 7.38. The maximum Gasteiger partial charge on any atom is 0.326 e. The van der Waals surface area contributed by atoms with E-state index in [-0.39, 0.29) is 18.9 Å². The van der Waals surface area contributed by atoms with Gasteiger partial charge in [0.25, 0.3) is 0 Å². The van der Waals surface area contributed by atoms with Crippen LogP contribution < -0.4 is 5.32 Å². The van der Waals surface area contributed by atoms with Gasteiger partial charge in [-0.25, -0.2) is 4.79 Å². The van der Waals surface area contributed by atoms with E-state index in [1.54, 1.807) is 4.90 Å². The summed E-state index contributed by atoms with van der Waals surface area (Å²) in [5.41, 5.74) is 0. The lowest BCUT2D eigenvalue weighted by molar-refractivity contribution is -0.147. The minimum absolute atomic E-state index is 0.0210. The Balaban J connectivity index is 2.52. The molecule has 0 radical (unpaired) electrons. The molecule has 0 aliphatic carbocycles. The molecule has 0 aromatic heterocycles. The molecule has 2 unspecified atom stereocenters. The number of likely N-dealkylation sites (tertiary alicyclic amines) is 1. The standard InChI is InChI=1S/C14H23N3O6/c1-16(2)4-3-5-17-8-9(6-11(17)18)13(21)15-10(14(22)23)7-12(19)20/h9-10H,3-8H2,1-2H3,(H,15,21)(H,19,20)(H,22,23). The highest BCUT2D eigenvalue weighted by atomic mass is 16.4. The number of nitrogens with zero attached hydrogens (tertiary/aromatic N) is 2. The second-order valence-electron chi connectivity index (χ2n) is 5.89. The number of amides is 2. The summed E-state index contributed by atoms with van der Waals surface area (Å²) in [5, 5.41) is 19.8. The molecule has 1 rings (SSSR count). The van der Waals surface area contributed by atoms with Crippen molar-refractivity contribution in [3.05, 3.63) is 0 Å². The Labute approximate surface area is 134 Å². The number of carboxylic acid groups (broad SMARTS) is 2. The molecule has 1 aliphatic rings. The van der Waals surface area contributed by atoms with Crippen molar-refractivity contribution in [3.8, 4) is 0 Å². The Kier molecular flexibility index (Phi) is 6.95. The minimum atomic E-state index is -1.49. The zero-order valence-corrected chi connectivity index (χ0v) is 13.3. The molecule has 130 valence electrons. The van der Waals surface area contributed by atoms with Gasteiger partial charge in [0, 0.05) is 19.5 Å². The third-order valence-corrected chi connectivity index (χ3v) is 3.61. The normalized spacial score (nSPS) is 19.0. The summed E-state index contributed by atoms with van der Waals surface area (Å²) in [7, 11) is 3.85. The summed E-state index contributed by atoms with van der Waals surface area (Å²) < 4.78 is 0. The van der Waals surface area contributed by atoms with Crippen LogP contribution in [0.2, 0.25) is 0 Å². The number of carbonyl (C=O) groups excluding carboxylic acids is 2. The van der Waals surface area contributed by atoms with E-state index in [0.717, 1.165) is 13.0 Å². The molecule has 0 spiro atoms. The molecule has 2 amide bonds. The number of hydrogen-bond acceptors (Lipinski definition) is 5. The quantitative estimate of drug-likeness (QED) is 0.486.